The van der Waals surface area contributed by atoms with Crippen molar-refractivity contribution in [3.63, 3.8) is 0 Å². The van der Waals surface area contributed by atoms with Crippen LogP contribution in [-0.4, -0.2) is 36.0 Å². The zero-order chi connectivity index (χ0) is 19.7. The van der Waals surface area contributed by atoms with Gasteiger partial charge in [-0.3, -0.25) is 0 Å². The van der Waals surface area contributed by atoms with Crippen LogP contribution in [-0.2, 0) is 10.0 Å². The maximum atomic E-state index is 12.8. The Hall–Kier alpha value is -2.03. The number of benzene rings is 2. The van der Waals surface area contributed by atoms with Crippen LogP contribution in [0.5, 0.6) is 0 Å². The Labute approximate surface area is 172 Å². The molecule has 2 aromatic carbocycles. The molecule has 3 aromatic rings. The van der Waals surface area contributed by atoms with Crippen LogP contribution in [0.25, 0.3) is 22.8 Å². The first-order valence-electron chi connectivity index (χ1n) is 9.14. The van der Waals surface area contributed by atoms with Crippen molar-refractivity contribution in [2.24, 2.45) is 5.92 Å². The SMILES string of the molecule is CC1CCN(S(=O)(=O)c2ccc(-c3noc(-c4ccccc4Br)n3)cc2)CC1. The van der Waals surface area contributed by atoms with Crippen LogP contribution < -0.4 is 0 Å². The number of piperidine rings is 1. The summed E-state index contributed by atoms with van der Waals surface area (Å²) in [5.41, 5.74) is 1.51. The summed E-state index contributed by atoms with van der Waals surface area (Å²) < 4.78 is 33.5. The van der Waals surface area contributed by atoms with E-state index in [0.717, 1.165) is 22.9 Å². The third-order valence-electron chi connectivity index (χ3n) is 5.02. The van der Waals surface area contributed by atoms with Crippen LogP contribution in [0.3, 0.4) is 0 Å². The summed E-state index contributed by atoms with van der Waals surface area (Å²) in [5.74, 6) is 1.40. The highest BCUT2D eigenvalue weighted by atomic mass is 79.9. The molecule has 1 saturated heterocycles. The van der Waals surface area contributed by atoms with Gasteiger partial charge < -0.3 is 4.52 Å². The molecule has 0 amide bonds. The lowest BCUT2D eigenvalue weighted by Gasteiger charge is -2.29. The molecule has 1 fully saturated rings. The van der Waals surface area contributed by atoms with Crippen LogP contribution in [0.1, 0.15) is 19.8 Å². The Morgan fingerprint density at radius 3 is 2.43 bits per heavy atom. The molecule has 2 heterocycles. The van der Waals surface area contributed by atoms with Crippen molar-refractivity contribution in [2.45, 2.75) is 24.7 Å². The van der Waals surface area contributed by atoms with Crippen molar-refractivity contribution in [2.75, 3.05) is 13.1 Å². The lowest BCUT2D eigenvalue weighted by molar-refractivity contribution is 0.288. The number of sulfonamides is 1. The van der Waals surface area contributed by atoms with E-state index >= 15 is 0 Å². The molecular formula is C20H20BrN3O3S. The Morgan fingerprint density at radius 2 is 1.75 bits per heavy atom. The van der Waals surface area contributed by atoms with Crippen LogP contribution in [0.2, 0.25) is 0 Å². The fraction of sp³-hybridized carbons (Fsp3) is 0.300. The largest absolute Gasteiger partial charge is 0.334 e. The van der Waals surface area contributed by atoms with Gasteiger partial charge in [-0.1, -0.05) is 24.2 Å². The second-order valence-corrected chi connectivity index (χ2v) is 9.81. The summed E-state index contributed by atoms with van der Waals surface area (Å²) >= 11 is 3.47. The van der Waals surface area contributed by atoms with Gasteiger partial charge in [0.05, 0.1) is 10.5 Å². The third kappa shape index (κ3) is 3.76. The smallest absolute Gasteiger partial charge is 0.259 e. The molecule has 4 rings (SSSR count). The monoisotopic (exact) mass is 461 g/mol. The summed E-state index contributed by atoms with van der Waals surface area (Å²) in [5, 5.41) is 4.03. The second-order valence-electron chi connectivity index (χ2n) is 7.01. The minimum Gasteiger partial charge on any atom is -0.334 e. The van der Waals surface area contributed by atoms with Gasteiger partial charge in [0.1, 0.15) is 0 Å². The van der Waals surface area contributed by atoms with Crippen molar-refractivity contribution >= 4 is 26.0 Å². The molecule has 0 spiro atoms. The molecule has 0 unspecified atom stereocenters. The van der Waals surface area contributed by atoms with Crippen LogP contribution in [0, 0.1) is 5.92 Å². The molecule has 0 aliphatic carbocycles. The molecule has 6 nitrogen and oxygen atoms in total. The number of rotatable bonds is 4. The van der Waals surface area contributed by atoms with Gasteiger partial charge in [-0.05, 0) is 71.1 Å². The van der Waals surface area contributed by atoms with Crippen molar-refractivity contribution in [3.8, 4) is 22.8 Å². The van der Waals surface area contributed by atoms with Gasteiger partial charge in [-0.15, -0.1) is 0 Å². The maximum Gasteiger partial charge on any atom is 0.259 e. The van der Waals surface area contributed by atoms with Crippen LogP contribution in [0.4, 0.5) is 0 Å². The summed E-state index contributed by atoms with van der Waals surface area (Å²) in [6, 6.07) is 14.2. The van der Waals surface area contributed by atoms with E-state index < -0.39 is 10.0 Å². The van der Waals surface area contributed by atoms with Crippen molar-refractivity contribution < 1.29 is 12.9 Å². The molecule has 1 aliphatic rings. The average molecular weight is 462 g/mol. The van der Waals surface area contributed by atoms with E-state index in [4.69, 9.17) is 4.52 Å². The zero-order valence-corrected chi connectivity index (χ0v) is 17.8. The molecule has 146 valence electrons. The second kappa shape index (κ2) is 7.77. The predicted octanol–water partition coefficient (Wildman–Crippen LogP) is 4.59. The van der Waals surface area contributed by atoms with Gasteiger partial charge in [-0.25, -0.2) is 8.42 Å². The molecule has 0 bridgehead atoms. The van der Waals surface area contributed by atoms with E-state index in [9.17, 15) is 8.42 Å². The van der Waals surface area contributed by atoms with E-state index in [-0.39, 0.29) is 0 Å². The fourth-order valence-electron chi connectivity index (χ4n) is 3.24. The number of hydrogen-bond acceptors (Lipinski definition) is 5. The van der Waals surface area contributed by atoms with E-state index in [1.807, 2.05) is 24.3 Å². The Bertz CT molecular complexity index is 1070. The first kappa shape index (κ1) is 19.3. The maximum absolute atomic E-state index is 12.8. The Balaban J connectivity index is 1.56. The average Bonchev–Trinajstić information content (AvgIpc) is 3.19. The number of halogens is 1. The fourth-order valence-corrected chi connectivity index (χ4v) is 5.16. The van der Waals surface area contributed by atoms with Gasteiger partial charge >= 0.3 is 0 Å². The minimum atomic E-state index is -3.46. The lowest BCUT2D eigenvalue weighted by atomic mass is 10.0. The van der Waals surface area contributed by atoms with Gasteiger partial charge in [-0.2, -0.15) is 9.29 Å². The lowest BCUT2D eigenvalue weighted by Crippen LogP contribution is -2.37. The highest BCUT2D eigenvalue weighted by Gasteiger charge is 2.28. The van der Waals surface area contributed by atoms with Crippen LogP contribution in [0.15, 0.2) is 62.4 Å². The van der Waals surface area contributed by atoms with Gasteiger partial charge in [0.15, 0.2) is 0 Å². The highest BCUT2D eigenvalue weighted by Crippen LogP contribution is 2.29. The molecule has 1 aromatic heterocycles. The summed E-state index contributed by atoms with van der Waals surface area (Å²) in [4.78, 5) is 4.73. The first-order chi connectivity index (χ1) is 13.4. The van der Waals surface area contributed by atoms with E-state index in [2.05, 4.69) is 33.0 Å². The third-order valence-corrected chi connectivity index (χ3v) is 7.63. The predicted molar refractivity (Wildman–Crippen MR) is 110 cm³/mol. The van der Waals surface area contributed by atoms with E-state index in [1.54, 1.807) is 28.6 Å². The van der Waals surface area contributed by atoms with E-state index in [1.165, 1.54) is 0 Å². The number of hydrogen-bond donors (Lipinski definition) is 0. The summed E-state index contributed by atoms with van der Waals surface area (Å²) in [6.07, 6.45) is 1.80. The molecule has 8 heteroatoms. The Morgan fingerprint density at radius 1 is 1.07 bits per heavy atom. The summed E-state index contributed by atoms with van der Waals surface area (Å²) in [6.45, 7) is 3.31. The molecule has 0 saturated carbocycles. The van der Waals surface area contributed by atoms with Crippen molar-refractivity contribution in [1.82, 2.24) is 14.4 Å². The normalized spacial score (nSPS) is 16.4. The minimum absolute atomic E-state index is 0.292. The first-order valence-corrected chi connectivity index (χ1v) is 11.4. The number of nitrogens with zero attached hydrogens (tertiary/aromatic N) is 3. The van der Waals surface area contributed by atoms with Crippen LogP contribution >= 0.6 is 15.9 Å². The standard InChI is InChI=1S/C20H20BrN3O3S/c1-14-10-12-24(13-11-14)28(25,26)16-8-6-15(7-9-16)19-22-20(27-23-19)17-4-2-3-5-18(17)21/h2-9,14H,10-13H2,1H3. The number of aromatic nitrogens is 2. The molecule has 1 aliphatic heterocycles. The quantitative estimate of drug-likeness (QED) is 0.567. The van der Waals surface area contributed by atoms with Gasteiger partial charge in [0.2, 0.25) is 15.8 Å². The zero-order valence-electron chi connectivity index (χ0n) is 15.4. The highest BCUT2D eigenvalue weighted by molar-refractivity contribution is 9.10. The van der Waals surface area contributed by atoms with Crippen molar-refractivity contribution in [1.29, 1.82) is 0 Å². The molecule has 28 heavy (non-hydrogen) atoms. The molecule has 0 radical (unpaired) electrons. The van der Waals surface area contributed by atoms with Gasteiger partial charge in [0, 0.05) is 23.1 Å². The summed E-state index contributed by atoms with van der Waals surface area (Å²) in [7, 11) is -3.46. The Kier molecular flexibility index (Phi) is 5.35. The topological polar surface area (TPSA) is 76.3 Å². The van der Waals surface area contributed by atoms with Gasteiger partial charge in [0.25, 0.3) is 5.89 Å². The molecule has 0 N–H and O–H groups in total. The van der Waals surface area contributed by atoms with Crippen molar-refractivity contribution in [3.05, 3.63) is 53.0 Å². The molecular weight excluding hydrogens is 442 g/mol. The molecule has 0 atom stereocenters. The van der Waals surface area contributed by atoms with E-state index in [0.29, 0.717) is 41.2 Å².